The second kappa shape index (κ2) is 4.29. The molecule has 0 saturated heterocycles. The van der Waals surface area contributed by atoms with Gasteiger partial charge in [-0.15, -0.1) is 0 Å². The van der Waals surface area contributed by atoms with Crippen molar-refractivity contribution in [2.24, 2.45) is 0 Å². The topological polar surface area (TPSA) is 68.5 Å². The van der Waals surface area contributed by atoms with Gasteiger partial charge in [0.25, 0.3) is 0 Å². The predicted molar refractivity (Wildman–Crippen MR) is 67.6 cm³/mol. The van der Waals surface area contributed by atoms with Gasteiger partial charge in [0.1, 0.15) is 11.4 Å². The van der Waals surface area contributed by atoms with Crippen LogP contribution in [-0.4, -0.2) is 26.3 Å². The number of nitrogens with one attached hydrogen (secondary N) is 1. The van der Waals surface area contributed by atoms with E-state index in [0.29, 0.717) is 17.2 Å². The number of carbonyl (C=O) groups is 1. The second-order valence-corrected chi connectivity index (χ2v) is 5.00. The number of anilines is 1. The SMILES string of the molecule is Cc1nc2cc(NC(=O)OC(C)(C)C)ccn2n1. The molecule has 2 rings (SSSR count). The quantitative estimate of drug-likeness (QED) is 0.841. The second-order valence-electron chi connectivity index (χ2n) is 5.00. The van der Waals surface area contributed by atoms with E-state index < -0.39 is 11.7 Å². The van der Waals surface area contributed by atoms with Gasteiger partial charge in [0.2, 0.25) is 0 Å². The van der Waals surface area contributed by atoms with E-state index in [2.05, 4.69) is 15.4 Å². The summed E-state index contributed by atoms with van der Waals surface area (Å²) in [6.45, 7) is 7.26. The highest BCUT2D eigenvalue weighted by atomic mass is 16.6. The van der Waals surface area contributed by atoms with E-state index in [9.17, 15) is 4.79 Å². The lowest BCUT2D eigenvalue weighted by molar-refractivity contribution is 0.0636. The third-order valence-electron chi connectivity index (χ3n) is 2.09. The highest BCUT2D eigenvalue weighted by Crippen LogP contribution is 2.13. The monoisotopic (exact) mass is 248 g/mol. The van der Waals surface area contributed by atoms with E-state index in [1.54, 1.807) is 22.8 Å². The lowest BCUT2D eigenvalue weighted by atomic mass is 10.2. The van der Waals surface area contributed by atoms with E-state index >= 15 is 0 Å². The normalized spacial score (nSPS) is 11.6. The van der Waals surface area contributed by atoms with Gasteiger partial charge in [0.15, 0.2) is 5.65 Å². The molecule has 2 aromatic heterocycles. The summed E-state index contributed by atoms with van der Waals surface area (Å²) >= 11 is 0. The van der Waals surface area contributed by atoms with Crippen molar-refractivity contribution in [2.45, 2.75) is 33.3 Å². The van der Waals surface area contributed by atoms with Gasteiger partial charge >= 0.3 is 6.09 Å². The Bertz CT molecular complexity index is 583. The van der Waals surface area contributed by atoms with Crippen LogP contribution < -0.4 is 5.32 Å². The molecule has 0 unspecified atom stereocenters. The Labute approximate surface area is 105 Å². The van der Waals surface area contributed by atoms with Gasteiger partial charge in [-0.25, -0.2) is 14.3 Å². The van der Waals surface area contributed by atoms with Gasteiger partial charge < -0.3 is 4.74 Å². The molecule has 0 saturated carbocycles. The van der Waals surface area contributed by atoms with Crippen molar-refractivity contribution in [1.29, 1.82) is 0 Å². The molecule has 0 radical (unpaired) electrons. The average Bonchev–Trinajstić information content (AvgIpc) is 2.53. The van der Waals surface area contributed by atoms with Gasteiger partial charge in [0, 0.05) is 18.0 Å². The van der Waals surface area contributed by atoms with Crippen molar-refractivity contribution in [3.05, 3.63) is 24.2 Å². The molecule has 18 heavy (non-hydrogen) atoms. The Morgan fingerprint density at radius 2 is 2.17 bits per heavy atom. The number of carbonyl (C=O) groups excluding carboxylic acids is 1. The maximum Gasteiger partial charge on any atom is 0.412 e. The van der Waals surface area contributed by atoms with Crippen LogP contribution in [0.5, 0.6) is 0 Å². The highest BCUT2D eigenvalue weighted by molar-refractivity contribution is 5.85. The number of nitrogens with zero attached hydrogens (tertiary/aromatic N) is 3. The third kappa shape index (κ3) is 2.97. The minimum atomic E-state index is -0.514. The molecule has 96 valence electrons. The fraction of sp³-hybridized carbons (Fsp3) is 0.417. The molecule has 0 bridgehead atoms. The summed E-state index contributed by atoms with van der Waals surface area (Å²) in [4.78, 5) is 15.8. The fourth-order valence-corrected chi connectivity index (χ4v) is 1.49. The maximum atomic E-state index is 11.6. The van der Waals surface area contributed by atoms with Crippen molar-refractivity contribution in [2.75, 3.05) is 5.32 Å². The van der Waals surface area contributed by atoms with Gasteiger partial charge in [-0.1, -0.05) is 0 Å². The van der Waals surface area contributed by atoms with E-state index in [4.69, 9.17) is 4.74 Å². The largest absolute Gasteiger partial charge is 0.444 e. The van der Waals surface area contributed by atoms with Gasteiger partial charge in [-0.05, 0) is 33.8 Å². The van der Waals surface area contributed by atoms with Crippen LogP contribution in [0.15, 0.2) is 18.3 Å². The lowest BCUT2D eigenvalue weighted by Crippen LogP contribution is -2.27. The summed E-state index contributed by atoms with van der Waals surface area (Å²) in [6.07, 6.45) is 1.25. The van der Waals surface area contributed by atoms with E-state index in [-0.39, 0.29) is 0 Å². The first-order chi connectivity index (χ1) is 8.33. The van der Waals surface area contributed by atoms with Crippen LogP contribution in [0.3, 0.4) is 0 Å². The van der Waals surface area contributed by atoms with Crippen LogP contribution in [0.4, 0.5) is 10.5 Å². The number of rotatable bonds is 1. The number of amides is 1. The van der Waals surface area contributed by atoms with Crippen LogP contribution in [0.1, 0.15) is 26.6 Å². The molecule has 2 aromatic rings. The summed E-state index contributed by atoms with van der Waals surface area (Å²) in [5, 5.41) is 6.81. The molecule has 6 heteroatoms. The number of hydrogen-bond acceptors (Lipinski definition) is 4. The van der Waals surface area contributed by atoms with Crippen molar-refractivity contribution in [1.82, 2.24) is 14.6 Å². The summed E-state index contributed by atoms with van der Waals surface area (Å²) in [7, 11) is 0. The predicted octanol–water partition coefficient (Wildman–Crippen LogP) is 2.38. The van der Waals surface area contributed by atoms with Gasteiger partial charge in [0.05, 0.1) is 0 Å². The molecule has 0 aromatic carbocycles. The van der Waals surface area contributed by atoms with Crippen molar-refractivity contribution in [3.8, 4) is 0 Å². The first kappa shape index (κ1) is 12.3. The zero-order valence-corrected chi connectivity index (χ0v) is 10.9. The van der Waals surface area contributed by atoms with Gasteiger partial charge in [-0.3, -0.25) is 5.32 Å². The summed E-state index contributed by atoms with van der Waals surface area (Å²) < 4.78 is 6.81. The van der Waals surface area contributed by atoms with Gasteiger partial charge in [-0.2, -0.15) is 5.10 Å². The molecule has 2 heterocycles. The van der Waals surface area contributed by atoms with Crippen LogP contribution in [0, 0.1) is 6.92 Å². The zero-order chi connectivity index (χ0) is 13.3. The molecular formula is C12H16N4O2. The number of aromatic nitrogens is 3. The molecule has 1 N–H and O–H groups in total. The smallest absolute Gasteiger partial charge is 0.412 e. The standard InChI is InChI=1S/C12H16N4O2/c1-8-13-10-7-9(5-6-16(10)15-8)14-11(17)18-12(2,3)4/h5-7H,1-4H3,(H,14,17). The minimum Gasteiger partial charge on any atom is -0.444 e. The average molecular weight is 248 g/mol. The molecule has 0 aliphatic carbocycles. The Kier molecular flexibility index (Phi) is 2.94. The van der Waals surface area contributed by atoms with E-state index in [1.165, 1.54) is 0 Å². The molecule has 6 nitrogen and oxygen atoms in total. The molecule has 0 atom stereocenters. The lowest BCUT2D eigenvalue weighted by Gasteiger charge is -2.19. The van der Waals surface area contributed by atoms with Crippen molar-refractivity contribution in [3.63, 3.8) is 0 Å². The summed E-state index contributed by atoms with van der Waals surface area (Å²) in [6, 6.07) is 3.48. The van der Waals surface area contributed by atoms with Crippen LogP contribution in [-0.2, 0) is 4.74 Å². The summed E-state index contributed by atoms with van der Waals surface area (Å²) in [5.74, 6) is 0.685. The maximum absolute atomic E-state index is 11.6. The fourth-order valence-electron chi connectivity index (χ4n) is 1.49. The Morgan fingerprint density at radius 3 is 2.83 bits per heavy atom. The molecule has 1 amide bonds. The van der Waals surface area contributed by atoms with Crippen molar-refractivity contribution < 1.29 is 9.53 Å². The zero-order valence-electron chi connectivity index (χ0n) is 10.9. The number of fused-ring (bicyclic) bond motifs is 1. The van der Waals surface area contributed by atoms with E-state index in [0.717, 1.165) is 0 Å². The van der Waals surface area contributed by atoms with Crippen LogP contribution in [0.25, 0.3) is 5.65 Å². The van der Waals surface area contributed by atoms with E-state index in [1.807, 2.05) is 27.7 Å². The molecule has 0 aliphatic rings. The molecular weight excluding hydrogens is 232 g/mol. The van der Waals surface area contributed by atoms with Crippen LogP contribution >= 0.6 is 0 Å². The van der Waals surface area contributed by atoms with Crippen molar-refractivity contribution >= 4 is 17.4 Å². The number of ether oxygens (including phenoxy) is 1. The van der Waals surface area contributed by atoms with Crippen LogP contribution in [0.2, 0.25) is 0 Å². The molecule has 0 spiro atoms. The Balaban J connectivity index is 2.14. The Morgan fingerprint density at radius 1 is 1.44 bits per heavy atom. The number of aryl methyl sites for hydroxylation is 1. The number of pyridine rings is 1. The summed E-state index contributed by atoms with van der Waals surface area (Å²) in [5.41, 5.74) is 0.796. The highest BCUT2D eigenvalue weighted by Gasteiger charge is 2.16. The molecule has 0 fully saturated rings. The number of hydrogen-bond donors (Lipinski definition) is 1. The third-order valence-corrected chi connectivity index (χ3v) is 2.09. The minimum absolute atomic E-state index is 0.483. The first-order valence-electron chi connectivity index (χ1n) is 5.66. The molecule has 0 aliphatic heterocycles. The Hall–Kier alpha value is -2.11. The first-order valence-corrected chi connectivity index (χ1v) is 5.66.